The van der Waals surface area contributed by atoms with Gasteiger partial charge in [0.1, 0.15) is 18.0 Å². The first-order chi connectivity index (χ1) is 8.81. The van der Waals surface area contributed by atoms with Gasteiger partial charge in [0.05, 0.1) is 16.7 Å². The molecule has 0 fully saturated rings. The number of thioether (sulfide) groups is 1. The minimum Gasteiger partial charge on any atom is -0.383 e. The van der Waals surface area contributed by atoms with Gasteiger partial charge in [-0.1, -0.05) is 18.2 Å². The van der Waals surface area contributed by atoms with Crippen molar-refractivity contribution in [3.8, 4) is 6.07 Å². The summed E-state index contributed by atoms with van der Waals surface area (Å²) in [5, 5.41) is 11.8. The molecule has 18 heavy (non-hydrogen) atoms. The lowest BCUT2D eigenvalue weighted by Crippen LogP contribution is -2.01. The number of hydrogen-bond acceptors (Lipinski definition) is 6. The summed E-state index contributed by atoms with van der Waals surface area (Å²) in [5.74, 6) is 1.30. The Kier molecular flexibility index (Phi) is 3.99. The van der Waals surface area contributed by atoms with Crippen LogP contribution in [-0.4, -0.2) is 15.7 Å². The van der Waals surface area contributed by atoms with Crippen LogP contribution in [0.3, 0.4) is 0 Å². The first kappa shape index (κ1) is 12.2. The highest BCUT2D eigenvalue weighted by molar-refractivity contribution is 7.99. The molecule has 0 atom stereocenters. The van der Waals surface area contributed by atoms with Crippen LogP contribution in [-0.2, 0) is 0 Å². The highest BCUT2D eigenvalue weighted by Crippen LogP contribution is 2.31. The first-order valence-electron chi connectivity index (χ1n) is 5.23. The minimum atomic E-state index is 0.307. The molecule has 6 heteroatoms. The van der Waals surface area contributed by atoms with Crippen molar-refractivity contribution in [2.75, 3.05) is 16.8 Å². The number of nitrogen functional groups attached to an aromatic ring is 1. The van der Waals surface area contributed by atoms with Gasteiger partial charge in [0.25, 0.3) is 0 Å². The maximum atomic E-state index is 8.63. The van der Waals surface area contributed by atoms with E-state index in [0.29, 0.717) is 22.3 Å². The van der Waals surface area contributed by atoms with E-state index in [4.69, 9.17) is 11.0 Å². The van der Waals surface area contributed by atoms with Gasteiger partial charge in [0.2, 0.25) is 0 Å². The number of nitriles is 1. The molecule has 3 N–H and O–H groups in total. The zero-order valence-corrected chi connectivity index (χ0v) is 10.3. The van der Waals surface area contributed by atoms with Gasteiger partial charge in [-0.2, -0.15) is 5.26 Å². The van der Waals surface area contributed by atoms with E-state index >= 15 is 0 Å². The quantitative estimate of drug-likeness (QED) is 0.818. The molecular weight excluding hydrogens is 246 g/mol. The van der Waals surface area contributed by atoms with E-state index in [0.717, 1.165) is 5.69 Å². The van der Waals surface area contributed by atoms with E-state index in [1.165, 1.54) is 18.1 Å². The minimum absolute atomic E-state index is 0.307. The van der Waals surface area contributed by atoms with Crippen molar-refractivity contribution < 1.29 is 0 Å². The Morgan fingerprint density at radius 1 is 1.28 bits per heavy atom. The number of benzene rings is 1. The third kappa shape index (κ3) is 2.90. The van der Waals surface area contributed by atoms with Crippen LogP contribution in [0.1, 0.15) is 0 Å². The van der Waals surface area contributed by atoms with Crippen LogP contribution in [0.5, 0.6) is 0 Å². The molecule has 1 aromatic heterocycles. The van der Waals surface area contributed by atoms with Gasteiger partial charge >= 0.3 is 0 Å². The Balaban J connectivity index is 2.27. The van der Waals surface area contributed by atoms with Crippen LogP contribution in [0, 0.1) is 11.3 Å². The molecule has 0 radical (unpaired) electrons. The maximum Gasteiger partial charge on any atom is 0.149 e. The van der Waals surface area contributed by atoms with E-state index in [-0.39, 0.29) is 0 Å². The number of nitrogens with one attached hydrogen (secondary N) is 1. The van der Waals surface area contributed by atoms with Crippen LogP contribution in [0.15, 0.2) is 41.6 Å². The number of rotatable bonds is 4. The molecule has 0 saturated heterocycles. The summed E-state index contributed by atoms with van der Waals surface area (Å²) >= 11 is 1.32. The largest absolute Gasteiger partial charge is 0.383 e. The Bertz CT molecular complexity index is 564. The summed E-state index contributed by atoms with van der Waals surface area (Å²) in [6.45, 7) is 0. The normalized spacial score (nSPS) is 9.72. The van der Waals surface area contributed by atoms with Crippen molar-refractivity contribution in [1.82, 2.24) is 9.97 Å². The van der Waals surface area contributed by atoms with Gasteiger partial charge in [-0.25, -0.2) is 9.97 Å². The fourth-order valence-electron chi connectivity index (χ4n) is 1.38. The van der Waals surface area contributed by atoms with Crippen molar-refractivity contribution >= 4 is 29.1 Å². The SMILES string of the molecule is N#CCSc1c(N)ncnc1Nc1ccccc1. The van der Waals surface area contributed by atoms with E-state index in [2.05, 4.69) is 21.4 Å². The molecule has 0 saturated carbocycles. The van der Waals surface area contributed by atoms with Crippen molar-refractivity contribution in [2.45, 2.75) is 4.90 Å². The average molecular weight is 257 g/mol. The molecule has 0 spiro atoms. The number of hydrogen-bond donors (Lipinski definition) is 2. The molecule has 0 aliphatic carbocycles. The Labute approximate surface area is 109 Å². The molecule has 0 unspecified atom stereocenters. The lowest BCUT2D eigenvalue weighted by Gasteiger charge is -2.10. The summed E-state index contributed by atoms with van der Waals surface area (Å²) in [5.41, 5.74) is 6.71. The molecule has 90 valence electrons. The van der Waals surface area contributed by atoms with E-state index < -0.39 is 0 Å². The molecule has 0 amide bonds. The van der Waals surface area contributed by atoms with Gasteiger partial charge in [0.15, 0.2) is 0 Å². The van der Waals surface area contributed by atoms with Gasteiger partial charge in [-0.3, -0.25) is 0 Å². The monoisotopic (exact) mass is 257 g/mol. The number of para-hydroxylation sites is 1. The van der Waals surface area contributed by atoms with Crippen LogP contribution >= 0.6 is 11.8 Å². The second-order valence-electron chi connectivity index (χ2n) is 3.37. The van der Waals surface area contributed by atoms with Crippen molar-refractivity contribution in [3.63, 3.8) is 0 Å². The number of anilines is 3. The predicted octanol–water partition coefficient (Wildman–Crippen LogP) is 2.42. The topological polar surface area (TPSA) is 87.6 Å². The number of nitrogens with two attached hydrogens (primary N) is 1. The molecule has 0 aliphatic heterocycles. The molecule has 1 aromatic carbocycles. The highest BCUT2D eigenvalue weighted by atomic mass is 32.2. The lowest BCUT2D eigenvalue weighted by molar-refractivity contribution is 1.11. The fourth-order valence-corrected chi connectivity index (χ4v) is 2.03. The fraction of sp³-hybridized carbons (Fsp3) is 0.0833. The molecule has 5 nitrogen and oxygen atoms in total. The Morgan fingerprint density at radius 2 is 2.06 bits per heavy atom. The summed E-state index contributed by atoms with van der Waals surface area (Å²) in [7, 11) is 0. The average Bonchev–Trinajstić information content (AvgIpc) is 2.39. The molecule has 2 rings (SSSR count). The standard InChI is InChI=1S/C12H11N5S/c13-6-7-18-10-11(14)15-8-16-12(10)17-9-4-2-1-3-5-9/h1-5,8H,7H2,(H3,14,15,16,17). The summed E-state index contributed by atoms with van der Waals surface area (Å²) < 4.78 is 0. The lowest BCUT2D eigenvalue weighted by atomic mass is 10.3. The molecule has 1 heterocycles. The van der Waals surface area contributed by atoms with Gasteiger partial charge < -0.3 is 11.1 Å². The van der Waals surface area contributed by atoms with Crippen molar-refractivity contribution in [3.05, 3.63) is 36.7 Å². The predicted molar refractivity (Wildman–Crippen MR) is 72.5 cm³/mol. The number of aromatic nitrogens is 2. The van der Waals surface area contributed by atoms with Crippen LogP contribution in [0.4, 0.5) is 17.3 Å². The van der Waals surface area contributed by atoms with Crippen molar-refractivity contribution in [1.29, 1.82) is 5.26 Å². The van der Waals surface area contributed by atoms with E-state index in [1.54, 1.807) is 0 Å². The second kappa shape index (κ2) is 5.89. The summed E-state index contributed by atoms with van der Waals surface area (Å²) in [6, 6.07) is 11.7. The molecular formula is C12H11N5S. The summed E-state index contributed by atoms with van der Waals surface area (Å²) in [4.78, 5) is 8.78. The van der Waals surface area contributed by atoms with Gasteiger partial charge in [-0.15, -0.1) is 11.8 Å². The molecule has 0 aliphatic rings. The van der Waals surface area contributed by atoms with E-state index in [1.807, 2.05) is 30.3 Å². The Morgan fingerprint density at radius 3 is 2.78 bits per heavy atom. The molecule has 2 aromatic rings. The first-order valence-corrected chi connectivity index (χ1v) is 6.22. The highest BCUT2D eigenvalue weighted by Gasteiger charge is 2.09. The number of nitrogens with zero attached hydrogens (tertiary/aromatic N) is 3. The maximum absolute atomic E-state index is 8.63. The van der Waals surface area contributed by atoms with Crippen LogP contribution in [0.25, 0.3) is 0 Å². The van der Waals surface area contributed by atoms with Gasteiger partial charge in [0, 0.05) is 5.69 Å². The Hall–Kier alpha value is -2.26. The molecule has 0 bridgehead atoms. The zero-order chi connectivity index (χ0) is 12.8. The smallest absolute Gasteiger partial charge is 0.149 e. The third-order valence-electron chi connectivity index (χ3n) is 2.15. The van der Waals surface area contributed by atoms with Crippen molar-refractivity contribution in [2.24, 2.45) is 0 Å². The zero-order valence-electron chi connectivity index (χ0n) is 9.50. The summed E-state index contributed by atoms with van der Waals surface area (Å²) in [6.07, 6.45) is 1.40. The van der Waals surface area contributed by atoms with Gasteiger partial charge in [-0.05, 0) is 12.1 Å². The van der Waals surface area contributed by atoms with Crippen LogP contribution < -0.4 is 11.1 Å². The third-order valence-corrected chi connectivity index (χ3v) is 3.11. The van der Waals surface area contributed by atoms with E-state index in [9.17, 15) is 0 Å². The van der Waals surface area contributed by atoms with Crippen LogP contribution in [0.2, 0.25) is 0 Å². The second-order valence-corrected chi connectivity index (χ2v) is 4.36.